The highest BCUT2D eigenvalue weighted by atomic mass is 79.9. The van der Waals surface area contributed by atoms with Gasteiger partial charge in [0.05, 0.1) is 51.9 Å². The van der Waals surface area contributed by atoms with Crippen LogP contribution >= 0.6 is 71.0 Å². The van der Waals surface area contributed by atoms with Crippen molar-refractivity contribution in [3.8, 4) is 22.3 Å². The van der Waals surface area contributed by atoms with Gasteiger partial charge in [-0.25, -0.2) is 42.9 Å². The van der Waals surface area contributed by atoms with E-state index in [0.717, 1.165) is 19.7 Å². The lowest BCUT2D eigenvalue weighted by molar-refractivity contribution is -0.224. The maximum Gasteiger partial charge on any atom is 0.352 e. The van der Waals surface area contributed by atoms with Crippen LogP contribution in [0.1, 0.15) is 94.7 Å². The summed E-state index contributed by atoms with van der Waals surface area (Å²) in [4.78, 5) is 119. The van der Waals surface area contributed by atoms with Gasteiger partial charge in [0.1, 0.15) is 35.2 Å². The predicted octanol–water partition coefficient (Wildman–Crippen LogP) is 14.4. The monoisotopic (exact) mass is 1610 g/mol. The fraction of sp³-hybridized carbons (Fsp3) is 0.200. The van der Waals surface area contributed by atoms with Crippen molar-refractivity contribution in [1.29, 1.82) is 0 Å². The molecule has 0 saturated carbocycles. The van der Waals surface area contributed by atoms with Crippen molar-refractivity contribution in [3.05, 3.63) is 246 Å². The highest BCUT2D eigenvalue weighted by molar-refractivity contribution is 9.11. The van der Waals surface area contributed by atoms with Crippen molar-refractivity contribution in [2.24, 2.45) is 0 Å². The van der Waals surface area contributed by atoms with Gasteiger partial charge in [-0.2, -0.15) is 0 Å². The number of hydrogen-bond donors (Lipinski definition) is 7. The smallest absolute Gasteiger partial charge is 0.352 e. The minimum absolute atomic E-state index is 0.0216. The third-order valence-electron chi connectivity index (χ3n) is 13.8. The number of carbonyl (C=O) groups excluding carboxylic acids is 5. The van der Waals surface area contributed by atoms with E-state index in [1.54, 1.807) is 73.5 Å². The molecule has 0 unspecified atom stereocenters. The average Bonchev–Trinajstić information content (AvgIpc) is 0.784. The highest BCUT2D eigenvalue weighted by Gasteiger charge is 2.40. The molecule has 9 heterocycles. The molecule has 9 aromatic rings. The summed E-state index contributed by atoms with van der Waals surface area (Å²) in [6.07, 6.45) is 14.2. The topological polar surface area (TPSA) is 358 Å². The first kappa shape index (κ1) is 78.1. The van der Waals surface area contributed by atoms with E-state index < -0.39 is 52.6 Å². The second kappa shape index (κ2) is 34.7. The number of esters is 4. The maximum absolute atomic E-state index is 14.4. The summed E-state index contributed by atoms with van der Waals surface area (Å²) in [7, 11) is 1.33. The Morgan fingerprint density at radius 1 is 0.614 bits per heavy atom. The molecule has 0 bridgehead atoms. The summed E-state index contributed by atoms with van der Waals surface area (Å²) in [6, 6.07) is 23.2. The molecule has 3 aliphatic rings. The number of allylic oxidation sites excluding steroid dienone is 2. The van der Waals surface area contributed by atoms with E-state index >= 15 is 0 Å². The Morgan fingerprint density at radius 2 is 1.14 bits per heavy atom. The number of fused-ring (bicyclic) bond motifs is 2. The molecule has 0 radical (unpaired) electrons. The Labute approximate surface area is 610 Å². The molecule has 0 spiro atoms. The van der Waals surface area contributed by atoms with Gasteiger partial charge in [0, 0.05) is 123 Å². The summed E-state index contributed by atoms with van der Waals surface area (Å²) in [5.41, 5.74) is 15.2. The lowest BCUT2D eigenvalue weighted by atomic mass is 9.98. The summed E-state index contributed by atoms with van der Waals surface area (Å²) in [5.74, 6) is -5.47. The first-order valence-corrected chi connectivity index (χ1v) is 33.2. The van der Waals surface area contributed by atoms with Crippen LogP contribution < -0.4 is 38.6 Å². The van der Waals surface area contributed by atoms with Crippen LogP contribution in [0.4, 0.5) is 37.5 Å². The number of halogens is 7. The van der Waals surface area contributed by atoms with Gasteiger partial charge in [0.25, 0.3) is 22.7 Å². The number of pyridine rings is 7. The van der Waals surface area contributed by atoms with Crippen molar-refractivity contribution in [2.45, 2.75) is 85.2 Å². The second-order valence-corrected chi connectivity index (χ2v) is 26.6. The van der Waals surface area contributed by atoms with Crippen molar-refractivity contribution < 1.29 is 56.4 Å². The molecular formula is C70H64Br3Cl2F2N11O13. The second-order valence-electron chi connectivity index (χ2n) is 23.0. The number of cyclic esters (lactones) is 4. The van der Waals surface area contributed by atoms with E-state index in [9.17, 15) is 47.1 Å². The number of ketones is 1. The van der Waals surface area contributed by atoms with Crippen molar-refractivity contribution in [1.82, 2.24) is 34.9 Å². The lowest BCUT2D eigenvalue weighted by Crippen LogP contribution is -2.42. The molecule has 2 aromatic carbocycles. The van der Waals surface area contributed by atoms with Crippen LogP contribution in [-0.2, 0) is 49.3 Å². The Morgan fingerprint density at radius 3 is 1.66 bits per heavy atom. The largest absolute Gasteiger partial charge is 0.503 e. The molecule has 0 atom stereocenters. The van der Waals surface area contributed by atoms with E-state index in [1.807, 2.05) is 33.8 Å². The number of nitrogens with two attached hydrogens (primary N) is 2. The van der Waals surface area contributed by atoms with Gasteiger partial charge in [-0.15, -0.1) is 0 Å². The third kappa shape index (κ3) is 21.4. The summed E-state index contributed by atoms with van der Waals surface area (Å²) in [5, 5.41) is 7.29. The normalized spacial score (nSPS) is 13.8. The Kier molecular flexibility index (Phi) is 26.9. The number of anilines is 5. The number of nitrogens with zero attached hydrogens (tertiary/aromatic N) is 4. The molecule has 7 aromatic heterocycles. The first-order valence-electron chi connectivity index (χ1n) is 30.1. The molecule has 2 fully saturated rings. The number of nitrogen functional groups attached to an aromatic ring is 2. The zero-order valence-corrected chi connectivity index (χ0v) is 61.4. The number of rotatable bonds is 9. The Balaban J connectivity index is 0.000000178. The highest BCUT2D eigenvalue weighted by Crippen LogP contribution is 2.34. The van der Waals surface area contributed by atoms with E-state index in [4.69, 9.17) is 53.6 Å². The van der Waals surface area contributed by atoms with Crippen molar-refractivity contribution in [3.63, 3.8) is 0 Å². The van der Waals surface area contributed by atoms with E-state index in [1.165, 1.54) is 95.6 Å². The molecule has 1 aliphatic carbocycles. The van der Waals surface area contributed by atoms with Crippen LogP contribution in [0.15, 0.2) is 186 Å². The predicted molar refractivity (Wildman–Crippen MR) is 390 cm³/mol. The summed E-state index contributed by atoms with van der Waals surface area (Å²) in [6.45, 7) is 13.6. The third-order valence-corrected chi connectivity index (χ3v) is 15.9. The number of carbonyl (C=O) groups is 5. The molecule has 12 rings (SSSR count). The fourth-order valence-corrected chi connectivity index (χ4v) is 10.8. The van der Waals surface area contributed by atoms with Crippen LogP contribution in [0.2, 0.25) is 10.0 Å². The first-order chi connectivity index (χ1) is 47.7. The maximum atomic E-state index is 14.4. The van der Waals surface area contributed by atoms with Crippen molar-refractivity contribution >= 4 is 140 Å². The Bertz CT molecular complexity index is 4860. The zero-order chi connectivity index (χ0) is 74.2. The van der Waals surface area contributed by atoms with Gasteiger partial charge in [0.2, 0.25) is 0 Å². The van der Waals surface area contributed by atoms with Gasteiger partial charge in [-0.3, -0.25) is 24.2 Å². The minimum atomic E-state index is -1.24. The molecule has 101 heavy (non-hydrogen) atoms. The van der Waals surface area contributed by atoms with Gasteiger partial charge >= 0.3 is 23.9 Å². The summed E-state index contributed by atoms with van der Waals surface area (Å²) < 4.78 is 54.7. The number of aromatic amines is 3. The SMILES string of the molecule is CC(C)c1[nH]c(=O)c(-c2cc(Cl)ccc2F)cc1N.CC(C)c1[nH]c(=O)c(-c2cc(Cl)ccc2F)cc1Nc1ccnc2c1C(=O)C=CC2.CC1(C)OC(=O)C(=CNc2cc(Br)ccn2)C(=O)O1.COC=C1C(=O)OC(C)(C)OC1=O.Nc1cc(Br)ccn1.O=c1cc[nH]c2nccc(Br)c12. The van der Waals surface area contributed by atoms with Gasteiger partial charge in [-0.1, -0.05) is 88.8 Å². The molecular weight excluding hydrogens is 1550 g/mol. The minimum Gasteiger partial charge on any atom is -0.503 e. The van der Waals surface area contributed by atoms with Crippen LogP contribution in [0.5, 0.6) is 0 Å². The molecule has 31 heteroatoms. The Hall–Kier alpha value is -10.2. The molecule has 24 nitrogen and oxygen atoms in total. The number of hydrogen-bond acceptors (Lipinski definition) is 21. The van der Waals surface area contributed by atoms with Crippen LogP contribution in [-0.4, -0.2) is 83.2 Å². The van der Waals surface area contributed by atoms with E-state index in [2.05, 4.69) is 98.0 Å². The number of H-pyrrole nitrogens is 3. The number of ether oxygens (including phenoxy) is 5. The van der Waals surface area contributed by atoms with E-state index in [0.29, 0.717) is 78.8 Å². The van der Waals surface area contributed by atoms with Gasteiger partial charge < -0.3 is 60.7 Å². The zero-order valence-electron chi connectivity index (χ0n) is 55.1. The molecule has 0 amide bonds. The van der Waals surface area contributed by atoms with Gasteiger partial charge in [0.15, 0.2) is 22.4 Å². The summed E-state index contributed by atoms with van der Waals surface area (Å²) >= 11 is 21.7. The number of methoxy groups -OCH3 is 1. The number of nitrogens with one attached hydrogen (secondary N) is 5. The average molecular weight is 1620 g/mol. The van der Waals surface area contributed by atoms with Crippen LogP contribution in [0.25, 0.3) is 33.3 Å². The van der Waals surface area contributed by atoms with E-state index in [-0.39, 0.29) is 62.0 Å². The number of aromatic nitrogens is 7. The standard InChI is InChI=1S/C23H19ClFN3O2.C14H14ClFN2O.C12H11BrN2O4.C8H5BrN2O.C8H10O5.C5H5BrN2/c1-12(2)22-19(27-18-8-9-26-17-4-3-5-20(29)21(17)18)11-15(23(30)28-22)14-10-13(24)6-7-16(14)25;1-7(2)13-12(17)6-10(14(19)18-13)9-5-8(15)3-4-11(9)16;1-12(2)18-10(16)8(11(17)19-12)6-15-9-5-7(13)3-4-14-9;9-5-1-3-10-8-7(5)6(12)2-4-11-8;1-8(2)12-6(9)5(4-11-3)7(10)13-8;6-4-1-2-8-5(7)3-4/h3,5-12H,4H2,1-2H3,(H,26,27)(H,28,30);3-7H,17H2,1-2H3,(H,18,19);3-6H,1-2H3,(H,14,15);1-4H,(H,10,11,12);4H,1-3H3;1-3H,(H2,7,8). The number of benzene rings is 2. The lowest BCUT2D eigenvalue weighted by Gasteiger charge is -2.29. The molecule has 9 N–H and O–H groups in total. The molecule has 2 saturated heterocycles. The quantitative estimate of drug-likeness (QED) is 0.0305. The fourth-order valence-electron chi connectivity index (χ4n) is 9.26. The van der Waals surface area contributed by atoms with Crippen LogP contribution in [0.3, 0.4) is 0 Å². The van der Waals surface area contributed by atoms with Gasteiger partial charge in [-0.05, 0) is 119 Å². The molecule has 2 aliphatic heterocycles. The van der Waals surface area contributed by atoms with Crippen LogP contribution in [0, 0.1) is 11.6 Å². The van der Waals surface area contributed by atoms with Crippen molar-refractivity contribution in [2.75, 3.05) is 29.2 Å². The molecule has 526 valence electrons.